The van der Waals surface area contributed by atoms with E-state index in [2.05, 4.69) is 31.1 Å². The minimum absolute atomic E-state index is 0.146. The summed E-state index contributed by atoms with van der Waals surface area (Å²) in [5.74, 6) is -0.146. The Balaban J connectivity index is 2.52. The van der Waals surface area contributed by atoms with Crippen LogP contribution in [0, 0.1) is 0 Å². The fraction of sp³-hybridized carbons (Fsp3) is 0.929. The van der Waals surface area contributed by atoms with Gasteiger partial charge in [0.25, 0.3) is 0 Å². The molecule has 0 saturated heterocycles. The zero-order valence-electron chi connectivity index (χ0n) is 12.5. The van der Waals surface area contributed by atoms with Crippen LogP contribution in [-0.4, -0.2) is 49.2 Å². The minimum atomic E-state index is -0.544. The molecule has 4 nitrogen and oxygen atoms in total. The lowest BCUT2D eigenvalue weighted by atomic mass is 9.97. The van der Waals surface area contributed by atoms with Crippen LogP contribution in [0.4, 0.5) is 0 Å². The molecule has 0 aromatic rings. The van der Waals surface area contributed by atoms with Crippen LogP contribution in [0.3, 0.4) is 0 Å². The van der Waals surface area contributed by atoms with E-state index < -0.39 is 5.54 Å². The van der Waals surface area contributed by atoms with E-state index in [1.54, 1.807) is 0 Å². The standard InChI is InChI=1S/C14H28N2O2/c1-6-11(2)16(4)10-9-14(3,13(17)18-5)15-12-7-8-12/h11-12,15H,6-10H2,1-5H3. The molecule has 0 amide bonds. The second-order valence-corrected chi connectivity index (χ2v) is 5.73. The van der Waals surface area contributed by atoms with Crippen LogP contribution in [0.1, 0.15) is 46.5 Å². The smallest absolute Gasteiger partial charge is 0.325 e. The molecule has 2 atom stereocenters. The second kappa shape index (κ2) is 6.53. The van der Waals surface area contributed by atoms with E-state index in [4.69, 9.17) is 4.74 Å². The third-order valence-corrected chi connectivity index (χ3v) is 4.04. The Morgan fingerprint density at radius 1 is 1.56 bits per heavy atom. The van der Waals surface area contributed by atoms with Gasteiger partial charge in [0.15, 0.2) is 0 Å². The maximum atomic E-state index is 11.9. The van der Waals surface area contributed by atoms with Crippen molar-refractivity contribution in [3.8, 4) is 0 Å². The van der Waals surface area contributed by atoms with Crippen molar-refractivity contribution in [1.29, 1.82) is 0 Å². The first-order valence-corrected chi connectivity index (χ1v) is 6.99. The largest absolute Gasteiger partial charge is 0.468 e. The molecule has 18 heavy (non-hydrogen) atoms. The molecular formula is C14H28N2O2. The van der Waals surface area contributed by atoms with Gasteiger partial charge in [-0.1, -0.05) is 6.92 Å². The number of nitrogens with one attached hydrogen (secondary N) is 1. The molecule has 0 radical (unpaired) electrons. The summed E-state index contributed by atoms with van der Waals surface area (Å²) in [5, 5.41) is 3.43. The number of rotatable bonds is 8. The third kappa shape index (κ3) is 4.25. The molecule has 1 aliphatic carbocycles. The average molecular weight is 256 g/mol. The molecule has 0 heterocycles. The van der Waals surface area contributed by atoms with Gasteiger partial charge >= 0.3 is 5.97 Å². The maximum Gasteiger partial charge on any atom is 0.325 e. The van der Waals surface area contributed by atoms with E-state index >= 15 is 0 Å². The predicted octanol–water partition coefficient (Wildman–Crippen LogP) is 1.79. The summed E-state index contributed by atoms with van der Waals surface area (Å²) in [4.78, 5) is 14.2. The molecular weight excluding hydrogens is 228 g/mol. The summed E-state index contributed by atoms with van der Waals surface area (Å²) in [6, 6.07) is 1.05. The van der Waals surface area contributed by atoms with Gasteiger partial charge in [0, 0.05) is 18.6 Å². The monoisotopic (exact) mass is 256 g/mol. The molecule has 4 heteroatoms. The SMILES string of the molecule is CCC(C)N(C)CCC(C)(NC1CC1)C(=O)OC. The number of esters is 1. The van der Waals surface area contributed by atoms with E-state index in [9.17, 15) is 4.79 Å². The molecule has 2 unspecified atom stereocenters. The zero-order chi connectivity index (χ0) is 13.8. The Kier molecular flexibility index (Phi) is 5.60. The molecule has 0 aromatic carbocycles. The first-order chi connectivity index (χ1) is 8.42. The highest BCUT2D eigenvalue weighted by atomic mass is 16.5. The summed E-state index contributed by atoms with van der Waals surface area (Å²) >= 11 is 0. The van der Waals surface area contributed by atoms with Crippen molar-refractivity contribution in [2.75, 3.05) is 20.7 Å². The van der Waals surface area contributed by atoms with Gasteiger partial charge in [-0.25, -0.2) is 0 Å². The van der Waals surface area contributed by atoms with Crippen molar-refractivity contribution in [3.05, 3.63) is 0 Å². The Hall–Kier alpha value is -0.610. The predicted molar refractivity (Wildman–Crippen MR) is 73.6 cm³/mol. The summed E-state index contributed by atoms with van der Waals surface area (Å²) in [6.07, 6.45) is 4.26. The van der Waals surface area contributed by atoms with Gasteiger partial charge in [-0.2, -0.15) is 0 Å². The van der Waals surface area contributed by atoms with Gasteiger partial charge in [-0.15, -0.1) is 0 Å². The second-order valence-electron chi connectivity index (χ2n) is 5.73. The van der Waals surface area contributed by atoms with Crippen molar-refractivity contribution >= 4 is 5.97 Å². The maximum absolute atomic E-state index is 11.9. The zero-order valence-corrected chi connectivity index (χ0v) is 12.5. The lowest BCUT2D eigenvalue weighted by Gasteiger charge is -2.32. The molecule has 0 aliphatic heterocycles. The fourth-order valence-corrected chi connectivity index (χ4v) is 2.07. The molecule has 1 fully saturated rings. The van der Waals surface area contributed by atoms with Crippen LogP contribution in [0.2, 0.25) is 0 Å². The summed E-state index contributed by atoms with van der Waals surface area (Å²) in [7, 11) is 3.58. The van der Waals surface area contributed by atoms with E-state index in [0.29, 0.717) is 12.1 Å². The normalized spacial score (nSPS) is 20.6. The molecule has 1 rings (SSSR count). The van der Waals surface area contributed by atoms with Crippen LogP contribution < -0.4 is 5.32 Å². The van der Waals surface area contributed by atoms with Crippen LogP contribution in [0.25, 0.3) is 0 Å². The number of hydrogen-bond acceptors (Lipinski definition) is 4. The number of hydrogen-bond donors (Lipinski definition) is 1. The van der Waals surface area contributed by atoms with Crippen molar-refractivity contribution in [1.82, 2.24) is 10.2 Å². The van der Waals surface area contributed by atoms with E-state index in [1.807, 2.05) is 6.92 Å². The molecule has 106 valence electrons. The van der Waals surface area contributed by atoms with Crippen LogP contribution >= 0.6 is 0 Å². The minimum Gasteiger partial charge on any atom is -0.468 e. The van der Waals surface area contributed by atoms with Gasteiger partial charge in [0.2, 0.25) is 0 Å². The highest BCUT2D eigenvalue weighted by Gasteiger charge is 2.39. The number of nitrogens with zero attached hydrogens (tertiary/aromatic N) is 1. The number of carbonyl (C=O) groups excluding carboxylic acids is 1. The Bertz CT molecular complexity index is 279. The van der Waals surface area contributed by atoms with Gasteiger partial charge in [-0.3, -0.25) is 10.1 Å². The molecule has 0 bridgehead atoms. The summed E-state index contributed by atoms with van der Waals surface area (Å²) in [6.45, 7) is 7.26. The Labute approximate surface area is 111 Å². The summed E-state index contributed by atoms with van der Waals surface area (Å²) < 4.78 is 4.94. The highest BCUT2D eigenvalue weighted by Crippen LogP contribution is 2.25. The molecule has 1 aliphatic rings. The molecule has 0 spiro atoms. The Morgan fingerprint density at radius 2 is 2.17 bits per heavy atom. The van der Waals surface area contributed by atoms with Crippen molar-refractivity contribution in [2.45, 2.75) is 64.1 Å². The number of carbonyl (C=O) groups is 1. The van der Waals surface area contributed by atoms with Crippen LogP contribution in [0.5, 0.6) is 0 Å². The Morgan fingerprint density at radius 3 is 2.61 bits per heavy atom. The van der Waals surface area contributed by atoms with Gasteiger partial charge in [-0.05, 0) is 46.6 Å². The van der Waals surface area contributed by atoms with Crippen LogP contribution in [0.15, 0.2) is 0 Å². The first kappa shape index (κ1) is 15.4. The van der Waals surface area contributed by atoms with Gasteiger partial charge < -0.3 is 9.64 Å². The summed E-state index contributed by atoms with van der Waals surface area (Å²) in [5.41, 5.74) is -0.544. The quantitative estimate of drug-likeness (QED) is 0.672. The van der Waals surface area contributed by atoms with Gasteiger partial charge in [0.05, 0.1) is 7.11 Å². The van der Waals surface area contributed by atoms with E-state index in [1.165, 1.54) is 20.0 Å². The number of ether oxygens (including phenoxy) is 1. The van der Waals surface area contributed by atoms with Crippen molar-refractivity contribution < 1.29 is 9.53 Å². The van der Waals surface area contributed by atoms with Crippen molar-refractivity contribution in [2.24, 2.45) is 0 Å². The van der Waals surface area contributed by atoms with Crippen molar-refractivity contribution in [3.63, 3.8) is 0 Å². The number of methoxy groups -OCH3 is 1. The lowest BCUT2D eigenvalue weighted by molar-refractivity contribution is -0.148. The topological polar surface area (TPSA) is 41.6 Å². The molecule has 1 saturated carbocycles. The van der Waals surface area contributed by atoms with E-state index in [-0.39, 0.29) is 5.97 Å². The first-order valence-electron chi connectivity index (χ1n) is 6.99. The molecule has 0 aromatic heterocycles. The lowest BCUT2D eigenvalue weighted by Crippen LogP contribution is -2.53. The average Bonchev–Trinajstić information content (AvgIpc) is 3.17. The van der Waals surface area contributed by atoms with Crippen LogP contribution in [-0.2, 0) is 9.53 Å². The van der Waals surface area contributed by atoms with E-state index in [0.717, 1.165) is 19.4 Å². The fourth-order valence-electron chi connectivity index (χ4n) is 2.07. The highest BCUT2D eigenvalue weighted by molar-refractivity contribution is 5.80. The van der Waals surface area contributed by atoms with Gasteiger partial charge in [0.1, 0.15) is 5.54 Å². The molecule has 1 N–H and O–H groups in total. The third-order valence-electron chi connectivity index (χ3n) is 4.04.